The lowest BCUT2D eigenvalue weighted by molar-refractivity contribution is 0.0524. The molecule has 3 aliphatic rings. The number of carbonyl (C=O) groups is 2. The lowest BCUT2D eigenvalue weighted by Crippen LogP contribution is -2.39. The second-order valence-corrected chi connectivity index (χ2v) is 15.8. The van der Waals surface area contributed by atoms with Crippen molar-refractivity contribution < 1.29 is 14.3 Å². The molecule has 8 nitrogen and oxygen atoms in total. The number of aryl methyl sites for hydroxylation is 1. The number of nitriles is 1. The Morgan fingerprint density at radius 1 is 1.06 bits per heavy atom. The van der Waals surface area contributed by atoms with Gasteiger partial charge in [0.15, 0.2) is 5.78 Å². The predicted octanol–water partition coefficient (Wildman–Crippen LogP) is 7.71. The van der Waals surface area contributed by atoms with Gasteiger partial charge < -0.3 is 24.8 Å². The van der Waals surface area contributed by atoms with Gasteiger partial charge in [-0.3, -0.25) is 4.79 Å². The lowest BCUT2D eigenvalue weighted by Gasteiger charge is -2.39. The van der Waals surface area contributed by atoms with E-state index in [2.05, 4.69) is 59.1 Å². The normalized spacial score (nSPS) is 18.8. The number of hydrogen-bond acceptors (Lipinski definition) is 6. The van der Waals surface area contributed by atoms with E-state index in [0.717, 1.165) is 90.7 Å². The number of ether oxygens (including phenoxy) is 1. The van der Waals surface area contributed by atoms with Crippen molar-refractivity contribution in [2.45, 2.75) is 97.5 Å². The maximum Gasteiger partial charge on any atom is 0.407 e. The summed E-state index contributed by atoms with van der Waals surface area (Å²) < 4.78 is 5.33. The van der Waals surface area contributed by atoms with Gasteiger partial charge in [0.2, 0.25) is 0 Å². The number of aromatic nitrogens is 1. The zero-order valence-corrected chi connectivity index (χ0v) is 29.8. The summed E-state index contributed by atoms with van der Waals surface area (Å²) >= 11 is 0. The van der Waals surface area contributed by atoms with Crippen molar-refractivity contribution in [2.24, 2.45) is 11.8 Å². The van der Waals surface area contributed by atoms with Crippen molar-refractivity contribution in [2.75, 3.05) is 44.2 Å². The first-order chi connectivity index (χ1) is 22.9. The first-order valence-electron chi connectivity index (χ1n) is 18.1. The third-order valence-corrected chi connectivity index (χ3v) is 10.9. The van der Waals surface area contributed by atoms with E-state index in [1.54, 1.807) is 6.07 Å². The number of amides is 1. The highest BCUT2D eigenvalue weighted by atomic mass is 16.6. The number of anilines is 1. The number of nitrogens with zero attached hydrogens (tertiary/aromatic N) is 3. The van der Waals surface area contributed by atoms with Crippen LogP contribution in [0.2, 0.25) is 0 Å². The van der Waals surface area contributed by atoms with E-state index < -0.39 is 5.60 Å². The standard InChI is InChI=1S/C40H53N5O3/c1-7-29-23-31-32(40(5,6)37-35(36(31)46)30-10-9-28(25-41)22-33(30)43-37)24-34(29)45-19-13-27(14-20-45)21-26-11-17-44(18-12-26)16-8-15-42-38(47)48-39(2,3)4/h9-10,22-24,26-27,43H,7-8,11-21H2,1-6H3,(H,42,47). The number of nitrogens with one attached hydrogen (secondary N) is 2. The fourth-order valence-electron chi connectivity index (χ4n) is 8.29. The molecule has 1 amide bonds. The molecule has 0 saturated carbocycles. The van der Waals surface area contributed by atoms with Gasteiger partial charge in [-0.05, 0) is 133 Å². The second kappa shape index (κ2) is 13.6. The number of rotatable bonds is 8. The Morgan fingerprint density at radius 3 is 2.40 bits per heavy atom. The minimum atomic E-state index is -0.461. The quantitative estimate of drug-likeness (QED) is 0.242. The van der Waals surface area contributed by atoms with Gasteiger partial charge in [-0.2, -0.15) is 5.26 Å². The summed E-state index contributed by atoms with van der Waals surface area (Å²) in [6.07, 6.45) is 7.79. The Kier molecular flexibility index (Phi) is 9.64. The molecule has 0 spiro atoms. The first-order valence-corrected chi connectivity index (χ1v) is 18.1. The van der Waals surface area contributed by atoms with Crippen LogP contribution in [-0.4, -0.2) is 66.6 Å². The number of fused-ring (bicyclic) bond motifs is 4. The maximum absolute atomic E-state index is 14.0. The van der Waals surface area contributed by atoms with Crippen molar-refractivity contribution in [1.82, 2.24) is 15.2 Å². The van der Waals surface area contributed by atoms with Gasteiger partial charge in [0, 0.05) is 52.9 Å². The molecule has 1 aromatic heterocycles. The number of hydrogen-bond donors (Lipinski definition) is 2. The Hall–Kier alpha value is -3.83. The van der Waals surface area contributed by atoms with Crippen molar-refractivity contribution in [3.8, 4) is 6.07 Å². The van der Waals surface area contributed by atoms with Gasteiger partial charge in [-0.15, -0.1) is 0 Å². The topological polar surface area (TPSA) is 101 Å². The van der Waals surface area contributed by atoms with Gasteiger partial charge in [0.25, 0.3) is 0 Å². The smallest absolute Gasteiger partial charge is 0.407 e. The fourth-order valence-corrected chi connectivity index (χ4v) is 8.29. The molecule has 2 aliphatic heterocycles. The number of aromatic amines is 1. The molecule has 8 heteroatoms. The third-order valence-electron chi connectivity index (χ3n) is 10.9. The second-order valence-electron chi connectivity index (χ2n) is 15.8. The largest absolute Gasteiger partial charge is 0.444 e. The van der Waals surface area contributed by atoms with Gasteiger partial charge in [-0.1, -0.05) is 26.8 Å². The summed E-state index contributed by atoms with van der Waals surface area (Å²) in [6.45, 7) is 18.4. The number of alkyl carbamates (subject to hydrolysis) is 1. The van der Waals surface area contributed by atoms with Crippen LogP contribution < -0.4 is 10.2 Å². The molecule has 3 aromatic rings. The van der Waals surface area contributed by atoms with Crippen LogP contribution in [0.25, 0.3) is 10.9 Å². The minimum absolute atomic E-state index is 0.0822. The fraction of sp³-hybridized carbons (Fsp3) is 0.575. The van der Waals surface area contributed by atoms with Gasteiger partial charge >= 0.3 is 6.09 Å². The average molecular weight is 652 g/mol. The SMILES string of the molecule is CCc1cc2c(cc1N1CCC(CC3CCN(CCCNC(=O)OC(C)(C)C)CC3)CC1)C(C)(C)c1[nH]c3cc(C#N)ccc3c1C2=O. The van der Waals surface area contributed by atoms with E-state index in [4.69, 9.17) is 4.74 Å². The number of benzene rings is 2. The van der Waals surface area contributed by atoms with Crippen molar-refractivity contribution in [3.63, 3.8) is 0 Å². The predicted molar refractivity (Wildman–Crippen MR) is 192 cm³/mol. The summed E-state index contributed by atoms with van der Waals surface area (Å²) in [5.41, 5.74) is 6.76. The number of likely N-dealkylation sites (tertiary alicyclic amines) is 1. The van der Waals surface area contributed by atoms with Crippen molar-refractivity contribution in [1.29, 1.82) is 5.26 Å². The Labute approximate surface area is 286 Å². The molecular formula is C40H53N5O3. The zero-order chi connectivity index (χ0) is 34.2. The van der Waals surface area contributed by atoms with E-state index in [1.807, 2.05) is 32.9 Å². The number of piperidine rings is 2. The van der Waals surface area contributed by atoms with Gasteiger partial charge in [0.05, 0.1) is 17.2 Å². The highest BCUT2D eigenvalue weighted by Crippen LogP contribution is 2.46. The molecule has 0 radical (unpaired) electrons. The molecule has 48 heavy (non-hydrogen) atoms. The lowest BCUT2D eigenvalue weighted by atomic mass is 9.70. The summed E-state index contributed by atoms with van der Waals surface area (Å²) in [6, 6.07) is 12.3. The zero-order valence-electron chi connectivity index (χ0n) is 29.8. The van der Waals surface area contributed by atoms with E-state index >= 15 is 0 Å². The summed E-state index contributed by atoms with van der Waals surface area (Å²) in [5.74, 6) is 1.65. The minimum Gasteiger partial charge on any atom is -0.444 e. The molecule has 0 bridgehead atoms. The maximum atomic E-state index is 14.0. The highest BCUT2D eigenvalue weighted by Gasteiger charge is 2.41. The van der Waals surface area contributed by atoms with Crippen LogP contribution in [0.3, 0.4) is 0 Å². The molecular weight excluding hydrogens is 598 g/mol. The van der Waals surface area contributed by atoms with Crippen LogP contribution in [0.5, 0.6) is 0 Å². The Bertz CT molecular complexity index is 1710. The summed E-state index contributed by atoms with van der Waals surface area (Å²) in [5, 5.41) is 13.2. The van der Waals surface area contributed by atoms with Crippen LogP contribution in [0, 0.1) is 23.2 Å². The monoisotopic (exact) mass is 651 g/mol. The van der Waals surface area contributed by atoms with Gasteiger partial charge in [0.1, 0.15) is 5.60 Å². The first kappa shape index (κ1) is 34.0. The summed E-state index contributed by atoms with van der Waals surface area (Å²) in [4.78, 5) is 34.6. The Morgan fingerprint density at radius 2 is 1.75 bits per heavy atom. The molecule has 6 rings (SSSR count). The third kappa shape index (κ3) is 6.98. The van der Waals surface area contributed by atoms with Crippen LogP contribution in [0.4, 0.5) is 10.5 Å². The molecule has 0 atom stereocenters. The number of H-pyrrole nitrogens is 1. The molecule has 2 saturated heterocycles. The number of ketones is 1. The van der Waals surface area contributed by atoms with Crippen molar-refractivity contribution >= 4 is 28.5 Å². The molecule has 0 unspecified atom stereocenters. The molecule has 2 aromatic carbocycles. The van der Waals surface area contributed by atoms with E-state index in [1.165, 1.54) is 43.4 Å². The molecule has 3 heterocycles. The van der Waals surface area contributed by atoms with E-state index in [9.17, 15) is 14.9 Å². The van der Waals surface area contributed by atoms with Crippen LogP contribution in [0.1, 0.15) is 118 Å². The molecule has 256 valence electrons. The van der Waals surface area contributed by atoms with E-state index in [-0.39, 0.29) is 17.3 Å². The van der Waals surface area contributed by atoms with Crippen LogP contribution >= 0.6 is 0 Å². The van der Waals surface area contributed by atoms with Crippen molar-refractivity contribution in [3.05, 3.63) is 63.8 Å². The molecule has 2 N–H and O–H groups in total. The summed E-state index contributed by atoms with van der Waals surface area (Å²) in [7, 11) is 0. The highest BCUT2D eigenvalue weighted by molar-refractivity contribution is 6.20. The van der Waals surface area contributed by atoms with E-state index in [0.29, 0.717) is 12.1 Å². The molecule has 1 aliphatic carbocycles. The van der Waals surface area contributed by atoms with Crippen LogP contribution in [-0.2, 0) is 16.6 Å². The Balaban J connectivity index is 1.04. The van der Waals surface area contributed by atoms with Gasteiger partial charge in [-0.25, -0.2) is 4.79 Å². The molecule has 2 fully saturated rings. The number of carbonyl (C=O) groups excluding carboxylic acids is 2. The average Bonchev–Trinajstić information content (AvgIpc) is 3.46. The van der Waals surface area contributed by atoms with Crippen LogP contribution in [0.15, 0.2) is 30.3 Å².